The summed E-state index contributed by atoms with van der Waals surface area (Å²) in [4.78, 5) is 0. The number of halogens is 3. The number of benzene rings is 1. The quantitative estimate of drug-likeness (QED) is 0.798. The minimum atomic E-state index is -0.177. The van der Waals surface area contributed by atoms with Crippen LogP contribution >= 0.6 is 39.1 Å². The van der Waals surface area contributed by atoms with E-state index < -0.39 is 0 Å². The molecule has 0 spiro atoms. The van der Waals surface area contributed by atoms with Crippen LogP contribution in [0.3, 0.4) is 0 Å². The SMILES string of the molecule is CCc1nn(CC)c(CC(N)c2cc(Cl)cc(Br)c2)c1Cl. The van der Waals surface area contributed by atoms with Gasteiger partial charge in [0.1, 0.15) is 0 Å². The summed E-state index contributed by atoms with van der Waals surface area (Å²) in [6, 6.07) is 5.54. The van der Waals surface area contributed by atoms with E-state index in [4.69, 9.17) is 28.9 Å². The van der Waals surface area contributed by atoms with Crippen LogP contribution in [0.1, 0.15) is 36.8 Å². The molecular weight excluding hydrogens is 373 g/mol. The zero-order valence-electron chi connectivity index (χ0n) is 12.0. The first-order valence-electron chi connectivity index (χ1n) is 6.91. The molecule has 1 aromatic heterocycles. The predicted molar refractivity (Wildman–Crippen MR) is 92.1 cm³/mol. The molecule has 1 unspecified atom stereocenters. The van der Waals surface area contributed by atoms with Crippen LogP contribution in [0.25, 0.3) is 0 Å². The molecule has 0 bridgehead atoms. The Balaban J connectivity index is 2.30. The van der Waals surface area contributed by atoms with Gasteiger partial charge in [0.2, 0.25) is 0 Å². The van der Waals surface area contributed by atoms with Crippen LogP contribution in [-0.2, 0) is 19.4 Å². The summed E-state index contributed by atoms with van der Waals surface area (Å²) in [6.45, 7) is 4.88. The molecule has 1 aromatic carbocycles. The number of hydrogen-bond donors (Lipinski definition) is 1. The highest BCUT2D eigenvalue weighted by molar-refractivity contribution is 9.10. The summed E-state index contributed by atoms with van der Waals surface area (Å²) in [5, 5.41) is 5.92. The molecule has 0 aliphatic carbocycles. The normalized spacial score (nSPS) is 12.7. The average molecular weight is 391 g/mol. The van der Waals surface area contributed by atoms with Gasteiger partial charge in [0.05, 0.1) is 16.4 Å². The fraction of sp³-hybridized carbons (Fsp3) is 0.400. The van der Waals surface area contributed by atoms with Gasteiger partial charge in [0, 0.05) is 28.5 Å². The molecule has 0 radical (unpaired) electrons. The lowest BCUT2D eigenvalue weighted by atomic mass is 10.0. The standard InChI is InChI=1S/C15H18BrCl2N3/c1-3-13-15(18)14(21(4-2)20-13)8-12(19)9-5-10(16)7-11(17)6-9/h5-7,12H,3-4,8,19H2,1-2H3. The predicted octanol–water partition coefficient (Wildman–Crippen LogP) is 4.78. The molecule has 3 nitrogen and oxygen atoms in total. The summed E-state index contributed by atoms with van der Waals surface area (Å²) >= 11 is 16.0. The maximum atomic E-state index is 6.43. The molecule has 6 heteroatoms. The van der Waals surface area contributed by atoms with Gasteiger partial charge in [0.15, 0.2) is 0 Å². The van der Waals surface area contributed by atoms with Crippen molar-refractivity contribution in [1.82, 2.24) is 9.78 Å². The Kier molecular flexibility index (Phi) is 5.72. The Morgan fingerprint density at radius 3 is 2.57 bits per heavy atom. The van der Waals surface area contributed by atoms with E-state index in [2.05, 4.69) is 21.0 Å². The highest BCUT2D eigenvalue weighted by Crippen LogP contribution is 2.28. The molecule has 0 aliphatic heterocycles. The molecule has 0 saturated carbocycles. The summed E-state index contributed by atoms with van der Waals surface area (Å²) in [5.74, 6) is 0. The van der Waals surface area contributed by atoms with E-state index in [1.807, 2.05) is 36.7 Å². The number of aromatic nitrogens is 2. The van der Waals surface area contributed by atoms with E-state index >= 15 is 0 Å². The third-order valence-corrected chi connectivity index (χ3v) is 4.53. The van der Waals surface area contributed by atoms with Crippen molar-refractivity contribution in [3.05, 3.63) is 49.7 Å². The number of rotatable bonds is 5. The second-order valence-electron chi connectivity index (χ2n) is 4.89. The maximum Gasteiger partial charge on any atom is 0.0850 e. The zero-order chi connectivity index (χ0) is 15.6. The van der Waals surface area contributed by atoms with Crippen LogP contribution in [0.15, 0.2) is 22.7 Å². The van der Waals surface area contributed by atoms with Gasteiger partial charge in [-0.3, -0.25) is 4.68 Å². The monoisotopic (exact) mass is 389 g/mol. The molecule has 0 amide bonds. The summed E-state index contributed by atoms with van der Waals surface area (Å²) in [6.07, 6.45) is 1.45. The van der Waals surface area contributed by atoms with Crippen molar-refractivity contribution < 1.29 is 0 Å². The minimum absolute atomic E-state index is 0.177. The molecule has 21 heavy (non-hydrogen) atoms. The van der Waals surface area contributed by atoms with E-state index in [9.17, 15) is 0 Å². The number of nitrogens with zero attached hydrogens (tertiary/aromatic N) is 2. The van der Waals surface area contributed by atoms with E-state index in [1.165, 1.54) is 0 Å². The molecule has 2 N–H and O–H groups in total. The maximum absolute atomic E-state index is 6.43. The summed E-state index contributed by atoms with van der Waals surface area (Å²) in [7, 11) is 0. The van der Waals surface area contributed by atoms with Gasteiger partial charge in [-0.2, -0.15) is 5.10 Å². The molecule has 114 valence electrons. The fourth-order valence-electron chi connectivity index (χ4n) is 2.33. The van der Waals surface area contributed by atoms with Crippen molar-refractivity contribution in [3.8, 4) is 0 Å². The van der Waals surface area contributed by atoms with Crippen LogP contribution in [0.4, 0.5) is 0 Å². The van der Waals surface area contributed by atoms with Crippen LogP contribution in [0.2, 0.25) is 10.0 Å². The third kappa shape index (κ3) is 3.81. The molecule has 0 saturated heterocycles. The van der Waals surface area contributed by atoms with E-state index in [0.29, 0.717) is 11.4 Å². The van der Waals surface area contributed by atoms with E-state index in [-0.39, 0.29) is 6.04 Å². The number of aryl methyl sites for hydroxylation is 2. The Bertz CT molecular complexity index is 620. The second-order valence-corrected chi connectivity index (χ2v) is 6.62. The van der Waals surface area contributed by atoms with Gasteiger partial charge >= 0.3 is 0 Å². The smallest absolute Gasteiger partial charge is 0.0850 e. The number of hydrogen-bond acceptors (Lipinski definition) is 2. The lowest BCUT2D eigenvalue weighted by molar-refractivity contribution is 0.585. The van der Waals surface area contributed by atoms with Gasteiger partial charge in [-0.05, 0) is 37.1 Å². The molecule has 2 rings (SSSR count). The van der Waals surface area contributed by atoms with Gasteiger partial charge in [-0.15, -0.1) is 0 Å². The summed E-state index contributed by atoms with van der Waals surface area (Å²) in [5.41, 5.74) is 9.22. The highest BCUT2D eigenvalue weighted by Gasteiger charge is 2.18. The zero-order valence-corrected chi connectivity index (χ0v) is 15.1. The van der Waals surface area contributed by atoms with Gasteiger partial charge in [-0.1, -0.05) is 46.1 Å². The largest absolute Gasteiger partial charge is 0.324 e. The first-order chi connectivity index (χ1) is 9.96. The Hall–Kier alpha value is -0.550. The van der Waals surface area contributed by atoms with Crippen molar-refractivity contribution in [3.63, 3.8) is 0 Å². The van der Waals surface area contributed by atoms with Gasteiger partial charge in [0.25, 0.3) is 0 Å². The minimum Gasteiger partial charge on any atom is -0.324 e. The Labute approximate surface area is 143 Å². The molecule has 1 atom stereocenters. The first-order valence-corrected chi connectivity index (χ1v) is 8.46. The third-order valence-electron chi connectivity index (χ3n) is 3.42. The first kappa shape index (κ1) is 16.8. The van der Waals surface area contributed by atoms with E-state index in [0.717, 1.165) is 39.4 Å². The van der Waals surface area contributed by atoms with Crippen molar-refractivity contribution >= 4 is 39.1 Å². The van der Waals surface area contributed by atoms with Crippen molar-refractivity contribution in [2.45, 2.75) is 39.3 Å². The van der Waals surface area contributed by atoms with Gasteiger partial charge < -0.3 is 5.73 Å². The molecular formula is C15H18BrCl2N3. The lowest BCUT2D eigenvalue weighted by Crippen LogP contribution is -2.16. The topological polar surface area (TPSA) is 43.8 Å². The molecule has 0 fully saturated rings. The fourth-order valence-corrected chi connectivity index (χ4v) is 3.56. The van der Waals surface area contributed by atoms with Crippen LogP contribution in [-0.4, -0.2) is 9.78 Å². The Morgan fingerprint density at radius 2 is 2.00 bits per heavy atom. The van der Waals surface area contributed by atoms with Crippen molar-refractivity contribution in [2.24, 2.45) is 5.73 Å². The van der Waals surface area contributed by atoms with Crippen molar-refractivity contribution in [1.29, 1.82) is 0 Å². The molecule has 1 heterocycles. The lowest BCUT2D eigenvalue weighted by Gasteiger charge is -2.14. The molecule has 2 aromatic rings. The number of nitrogens with two attached hydrogens (primary N) is 1. The van der Waals surface area contributed by atoms with Crippen LogP contribution in [0.5, 0.6) is 0 Å². The van der Waals surface area contributed by atoms with Crippen molar-refractivity contribution in [2.75, 3.05) is 0 Å². The van der Waals surface area contributed by atoms with E-state index in [1.54, 1.807) is 0 Å². The Morgan fingerprint density at radius 1 is 1.29 bits per heavy atom. The molecule has 0 aliphatic rings. The highest BCUT2D eigenvalue weighted by atomic mass is 79.9. The van der Waals surface area contributed by atoms with Crippen LogP contribution in [0, 0.1) is 0 Å². The van der Waals surface area contributed by atoms with Gasteiger partial charge in [-0.25, -0.2) is 0 Å². The second kappa shape index (κ2) is 7.14. The average Bonchev–Trinajstić information content (AvgIpc) is 2.74. The van der Waals surface area contributed by atoms with Crippen LogP contribution < -0.4 is 5.73 Å². The summed E-state index contributed by atoms with van der Waals surface area (Å²) < 4.78 is 2.85.